The Hall–Kier alpha value is -2.65. The molecule has 0 saturated carbocycles. The Morgan fingerprint density at radius 1 is 1.32 bits per heavy atom. The standard InChI is InChI=1S/C16H17N5O3S/c1-24-9-14-19-20-16(25-14)18-13(22)7-4-8-21-10-17-12-6-3-2-5-11(12)15(21)23/h2-3,5-6,10H,4,7-9H2,1H3,(H,18,20,22). The van der Waals surface area contributed by atoms with Crippen LogP contribution in [0.5, 0.6) is 0 Å². The van der Waals surface area contributed by atoms with E-state index in [1.807, 2.05) is 12.1 Å². The van der Waals surface area contributed by atoms with Crippen molar-refractivity contribution in [1.29, 1.82) is 0 Å². The molecule has 3 aromatic rings. The van der Waals surface area contributed by atoms with Gasteiger partial charge < -0.3 is 10.1 Å². The third kappa shape index (κ3) is 4.25. The molecule has 8 nitrogen and oxygen atoms in total. The number of ether oxygens (including phenoxy) is 1. The average Bonchev–Trinajstić information content (AvgIpc) is 3.04. The quantitative estimate of drug-likeness (QED) is 0.691. The summed E-state index contributed by atoms with van der Waals surface area (Å²) >= 11 is 1.28. The van der Waals surface area contributed by atoms with Crippen LogP contribution in [0.1, 0.15) is 17.8 Å². The van der Waals surface area contributed by atoms with Gasteiger partial charge >= 0.3 is 0 Å². The number of rotatable bonds is 7. The van der Waals surface area contributed by atoms with E-state index in [-0.39, 0.29) is 17.9 Å². The molecule has 0 spiro atoms. The molecule has 1 aromatic carbocycles. The molecule has 0 aliphatic rings. The van der Waals surface area contributed by atoms with Gasteiger partial charge in [-0.25, -0.2) is 4.98 Å². The Morgan fingerprint density at radius 2 is 2.16 bits per heavy atom. The van der Waals surface area contributed by atoms with Crippen molar-refractivity contribution in [3.05, 3.63) is 46.0 Å². The molecule has 0 unspecified atom stereocenters. The van der Waals surface area contributed by atoms with E-state index in [2.05, 4.69) is 20.5 Å². The van der Waals surface area contributed by atoms with Crippen molar-refractivity contribution in [2.24, 2.45) is 0 Å². The van der Waals surface area contributed by atoms with Gasteiger partial charge in [0, 0.05) is 20.1 Å². The molecule has 0 fully saturated rings. The molecule has 2 aromatic heterocycles. The molecule has 3 rings (SSSR count). The third-order valence-electron chi connectivity index (χ3n) is 3.52. The number of carbonyl (C=O) groups excluding carboxylic acids is 1. The number of para-hydroxylation sites is 1. The summed E-state index contributed by atoms with van der Waals surface area (Å²) < 4.78 is 6.48. The minimum atomic E-state index is -0.165. The molecule has 0 radical (unpaired) electrons. The Balaban J connectivity index is 1.54. The summed E-state index contributed by atoms with van der Waals surface area (Å²) in [6, 6.07) is 7.20. The Labute approximate surface area is 147 Å². The van der Waals surface area contributed by atoms with E-state index in [4.69, 9.17) is 4.74 Å². The van der Waals surface area contributed by atoms with Crippen LogP contribution in [0.15, 0.2) is 35.4 Å². The lowest BCUT2D eigenvalue weighted by Gasteiger charge is -2.06. The highest BCUT2D eigenvalue weighted by Crippen LogP contribution is 2.16. The Bertz CT molecular complexity index is 937. The number of benzene rings is 1. The van der Waals surface area contributed by atoms with E-state index in [0.29, 0.717) is 40.6 Å². The van der Waals surface area contributed by atoms with Crippen LogP contribution in [0.4, 0.5) is 5.13 Å². The molecular weight excluding hydrogens is 342 g/mol. The number of amides is 1. The largest absolute Gasteiger partial charge is 0.377 e. The van der Waals surface area contributed by atoms with Crippen molar-refractivity contribution >= 4 is 33.3 Å². The van der Waals surface area contributed by atoms with Gasteiger partial charge in [0.25, 0.3) is 5.56 Å². The van der Waals surface area contributed by atoms with E-state index < -0.39 is 0 Å². The number of nitrogens with zero attached hydrogens (tertiary/aromatic N) is 4. The molecule has 0 saturated heterocycles. The second-order valence-electron chi connectivity index (χ2n) is 5.35. The van der Waals surface area contributed by atoms with Crippen molar-refractivity contribution in [1.82, 2.24) is 19.7 Å². The fourth-order valence-electron chi connectivity index (χ4n) is 2.34. The zero-order valence-corrected chi connectivity index (χ0v) is 14.5. The van der Waals surface area contributed by atoms with E-state index in [9.17, 15) is 9.59 Å². The fourth-order valence-corrected chi connectivity index (χ4v) is 3.07. The SMILES string of the molecule is COCc1nnc(NC(=O)CCCn2cnc3ccccc3c2=O)s1. The molecule has 0 bridgehead atoms. The molecule has 130 valence electrons. The number of aromatic nitrogens is 4. The number of methoxy groups -OCH3 is 1. The van der Waals surface area contributed by atoms with Crippen LogP contribution in [-0.2, 0) is 22.7 Å². The number of carbonyl (C=O) groups is 1. The lowest BCUT2D eigenvalue weighted by Crippen LogP contribution is -2.21. The van der Waals surface area contributed by atoms with Crippen LogP contribution < -0.4 is 10.9 Å². The number of aryl methyl sites for hydroxylation is 1. The first-order valence-electron chi connectivity index (χ1n) is 7.72. The zero-order valence-electron chi connectivity index (χ0n) is 13.6. The second kappa shape index (κ2) is 7.95. The van der Waals surface area contributed by atoms with Gasteiger partial charge in [-0.2, -0.15) is 0 Å². The molecule has 1 N–H and O–H groups in total. The summed E-state index contributed by atoms with van der Waals surface area (Å²) in [5, 5.41) is 12.2. The minimum absolute atomic E-state index is 0.0978. The van der Waals surface area contributed by atoms with Crippen molar-refractivity contribution in [2.75, 3.05) is 12.4 Å². The van der Waals surface area contributed by atoms with Gasteiger partial charge in [0.05, 0.1) is 17.2 Å². The number of anilines is 1. The van der Waals surface area contributed by atoms with E-state index in [1.54, 1.807) is 19.2 Å². The van der Waals surface area contributed by atoms with Crippen LogP contribution in [0, 0.1) is 0 Å². The van der Waals surface area contributed by atoms with Crippen molar-refractivity contribution in [2.45, 2.75) is 26.0 Å². The number of nitrogens with one attached hydrogen (secondary N) is 1. The van der Waals surface area contributed by atoms with Gasteiger partial charge in [0.15, 0.2) is 0 Å². The maximum absolute atomic E-state index is 12.4. The molecule has 2 heterocycles. The zero-order chi connectivity index (χ0) is 17.6. The first-order valence-corrected chi connectivity index (χ1v) is 8.54. The first-order chi connectivity index (χ1) is 12.2. The van der Waals surface area contributed by atoms with Gasteiger partial charge in [0.2, 0.25) is 11.0 Å². The highest BCUT2D eigenvalue weighted by Gasteiger charge is 2.09. The van der Waals surface area contributed by atoms with Crippen LogP contribution >= 0.6 is 11.3 Å². The highest BCUT2D eigenvalue weighted by molar-refractivity contribution is 7.15. The predicted octanol–water partition coefficient (Wildman–Crippen LogP) is 1.81. The van der Waals surface area contributed by atoms with Gasteiger partial charge in [-0.3, -0.25) is 14.2 Å². The van der Waals surface area contributed by atoms with Gasteiger partial charge in [0.1, 0.15) is 11.6 Å². The normalized spacial score (nSPS) is 10.9. The van der Waals surface area contributed by atoms with Gasteiger partial charge in [-0.1, -0.05) is 23.5 Å². The first kappa shape index (κ1) is 17.2. The molecule has 0 atom stereocenters. The van der Waals surface area contributed by atoms with Crippen LogP contribution in [0.25, 0.3) is 10.9 Å². The summed E-state index contributed by atoms with van der Waals surface area (Å²) in [6.07, 6.45) is 2.32. The third-order valence-corrected chi connectivity index (χ3v) is 4.33. The van der Waals surface area contributed by atoms with Crippen LogP contribution in [0.3, 0.4) is 0 Å². The Kier molecular flexibility index (Phi) is 5.46. The summed E-state index contributed by atoms with van der Waals surface area (Å²) in [7, 11) is 1.57. The molecular formula is C16H17N5O3S. The molecule has 0 aliphatic heterocycles. The van der Waals surface area contributed by atoms with Gasteiger partial charge in [-0.05, 0) is 18.6 Å². The Morgan fingerprint density at radius 3 is 3.00 bits per heavy atom. The van der Waals surface area contributed by atoms with Crippen LogP contribution in [0.2, 0.25) is 0 Å². The van der Waals surface area contributed by atoms with E-state index in [1.165, 1.54) is 22.2 Å². The van der Waals surface area contributed by atoms with Crippen molar-refractivity contribution < 1.29 is 9.53 Å². The van der Waals surface area contributed by atoms with E-state index in [0.717, 1.165) is 0 Å². The minimum Gasteiger partial charge on any atom is -0.377 e. The average molecular weight is 359 g/mol. The second-order valence-corrected chi connectivity index (χ2v) is 6.41. The molecule has 1 amide bonds. The fraction of sp³-hybridized carbons (Fsp3) is 0.312. The molecule has 9 heteroatoms. The predicted molar refractivity (Wildman–Crippen MR) is 94.5 cm³/mol. The lowest BCUT2D eigenvalue weighted by atomic mass is 10.2. The van der Waals surface area contributed by atoms with Gasteiger partial charge in [-0.15, -0.1) is 10.2 Å². The number of fused-ring (bicyclic) bond motifs is 1. The van der Waals surface area contributed by atoms with Crippen molar-refractivity contribution in [3.63, 3.8) is 0 Å². The van der Waals surface area contributed by atoms with E-state index >= 15 is 0 Å². The molecule has 25 heavy (non-hydrogen) atoms. The molecule has 0 aliphatic carbocycles. The summed E-state index contributed by atoms with van der Waals surface area (Å²) in [6.45, 7) is 0.792. The maximum atomic E-state index is 12.4. The van der Waals surface area contributed by atoms with Crippen LogP contribution in [-0.4, -0.2) is 32.8 Å². The summed E-state index contributed by atoms with van der Waals surface area (Å²) in [5.74, 6) is -0.165. The number of hydrogen-bond acceptors (Lipinski definition) is 7. The lowest BCUT2D eigenvalue weighted by molar-refractivity contribution is -0.116. The topological polar surface area (TPSA) is 99.0 Å². The summed E-state index contributed by atoms with van der Waals surface area (Å²) in [4.78, 5) is 28.6. The smallest absolute Gasteiger partial charge is 0.261 e. The van der Waals surface area contributed by atoms with Crippen molar-refractivity contribution in [3.8, 4) is 0 Å². The summed E-state index contributed by atoms with van der Waals surface area (Å²) in [5.41, 5.74) is 0.573. The monoisotopic (exact) mass is 359 g/mol. The highest BCUT2D eigenvalue weighted by atomic mass is 32.1. The number of hydrogen-bond donors (Lipinski definition) is 1. The maximum Gasteiger partial charge on any atom is 0.261 e.